The fraction of sp³-hybridized carbons (Fsp3) is 0.500. The van der Waals surface area contributed by atoms with Crippen molar-refractivity contribution >= 4 is 11.6 Å². The van der Waals surface area contributed by atoms with Crippen LogP contribution in [0.1, 0.15) is 25.7 Å². The maximum Gasteiger partial charge on any atom is 0.238 e. The molecule has 1 aliphatic rings. The van der Waals surface area contributed by atoms with Gasteiger partial charge in [-0.3, -0.25) is 4.79 Å². The fourth-order valence-electron chi connectivity index (χ4n) is 2.42. The summed E-state index contributed by atoms with van der Waals surface area (Å²) in [5.74, 6) is -2.17. The average molecular weight is 284 g/mol. The molecule has 1 amide bonds. The average Bonchev–Trinajstić information content (AvgIpc) is 2.81. The number of aliphatic hydroxyl groups is 1. The number of hydrogen-bond acceptors (Lipinski definition) is 3. The third kappa shape index (κ3) is 3.74. The predicted molar refractivity (Wildman–Crippen MR) is 71.3 cm³/mol. The van der Waals surface area contributed by atoms with Gasteiger partial charge in [-0.2, -0.15) is 0 Å². The van der Waals surface area contributed by atoms with Gasteiger partial charge in [0, 0.05) is 6.54 Å². The second-order valence-electron chi connectivity index (χ2n) is 5.18. The Hall–Kier alpha value is -1.53. The van der Waals surface area contributed by atoms with Crippen molar-refractivity contribution in [2.45, 2.75) is 31.3 Å². The van der Waals surface area contributed by atoms with Crippen LogP contribution in [-0.4, -0.2) is 29.7 Å². The van der Waals surface area contributed by atoms with Gasteiger partial charge in [0.2, 0.25) is 5.91 Å². The number of carbonyl (C=O) groups excluding carboxylic acids is 1. The van der Waals surface area contributed by atoms with E-state index < -0.39 is 28.8 Å². The summed E-state index contributed by atoms with van der Waals surface area (Å²) >= 11 is 0. The predicted octanol–water partition coefficient (Wildman–Crippen LogP) is 1.80. The molecule has 0 spiro atoms. The normalized spacial score (nSPS) is 17.1. The van der Waals surface area contributed by atoms with Crippen molar-refractivity contribution in [3.8, 4) is 0 Å². The smallest absolute Gasteiger partial charge is 0.238 e. The molecule has 1 aromatic rings. The molecule has 1 fully saturated rings. The number of halogens is 2. The number of anilines is 1. The highest BCUT2D eigenvalue weighted by Gasteiger charge is 2.30. The summed E-state index contributed by atoms with van der Waals surface area (Å²) in [5.41, 5.74) is -1.21. The Labute approximate surface area is 116 Å². The first-order valence-corrected chi connectivity index (χ1v) is 6.67. The van der Waals surface area contributed by atoms with E-state index in [9.17, 15) is 18.7 Å². The zero-order chi connectivity index (χ0) is 14.6. The van der Waals surface area contributed by atoms with Crippen LogP contribution in [0.4, 0.5) is 14.5 Å². The number of hydrogen-bond donors (Lipinski definition) is 3. The van der Waals surface area contributed by atoms with Crippen LogP contribution in [0, 0.1) is 11.6 Å². The van der Waals surface area contributed by atoms with Gasteiger partial charge in [-0.15, -0.1) is 0 Å². The Kier molecular flexibility index (Phi) is 4.67. The van der Waals surface area contributed by atoms with Gasteiger partial charge < -0.3 is 15.7 Å². The number of nitrogens with one attached hydrogen (secondary N) is 2. The molecule has 0 unspecified atom stereocenters. The van der Waals surface area contributed by atoms with Crippen LogP contribution in [-0.2, 0) is 4.79 Å². The fourth-order valence-corrected chi connectivity index (χ4v) is 2.42. The van der Waals surface area contributed by atoms with E-state index in [0.717, 1.165) is 25.0 Å². The summed E-state index contributed by atoms with van der Waals surface area (Å²) < 4.78 is 26.6. The molecular formula is C14H18F2N2O2. The van der Waals surface area contributed by atoms with Crippen molar-refractivity contribution in [3.63, 3.8) is 0 Å². The Morgan fingerprint density at radius 1 is 1.25 bits per heavy atom. The van der Waals surface area contributed by atoms with Gasteiger partial charge in [-0.1, -0.05) is 18.9 Å². The third-order valence-electron chi connectivity index (χ3n) is 3.50. The Morgan fingerprint density at radius 2 is 1.85 bits per heavy atom. The summed E-state index contributed by atoms with van der Waals surface area (Å²) in [6.45, 7) is 0.205. The van der Waals surface area contributed by atoms with Gasteiger partial charge in [0.25, 0.3) is 0 Å². The highest BCUT2D eigenvalue weighted by Crippen LogP contribution is 2.28. The van der Waals surface area contributed by atoms with E-state index in [4.69, 9.17) is 0 Å². The monoisotopic (exact) mass is 284 g/mol. The lowest BCUT2D eigenvalue weighted by Crippen LogP contribution is -2.41. The second-order valence-corrected chi connectivity index (χ2v) is 5.18. The van der Waals surface area contributed by atoms with E-state index in [-0.39, 0.29) is 6.54 Å². The Balaban J connectivity index is 1.81. The van der Waals surface area contributed by atoms with Gasteiger partial charge in [0.1, 0.15) is 17.3 Å². The van der Waals surface area contributed by atoms with Crippen LogP contribution in [0.15, 0.2) is 18.2 Å². The van der Waals surface area contributed by atoms with E-state index in [1.165, 1.54) is 6.07 Å². The van der Waals surface area contributed by atoms with Crippen LogP contribution < -0.4 is 10.6 Å². The molecule has 6 heteroatoms. The minimum Gasteiger partial charge on any atom is -0.389 e. The summed E-state index contributed by atoms with van der Waals surface area (Å²) in [6.07, 6.45) is 3.38. The maximum absolute atomic E-state index is 13.3. The molecule has 0 aliphatic heterocycles. The first kappa shape index (κ1) is 14.9. The summed E-state index contributed by atoms with van der Waals surface area (Å²) in [4.78, 5) is 11.6. The van der Waals surface area contributed by atoms with Crippen LogP contribution >= 0.6 is 0 Å². The summed E-state index contributed by atoms with van der Waals surface area (Å²) in [5, 5.41) is 15.1. The zero-order valence-electron chi connectivity index (χ0n) is 11.1. The first-order valence-electron chi connectivity index (χ1n) is 6.67. The topological polar surface area (TPSA) is 61.4 Å². The lowest BCUT2D eigenvalue weighted by atomic mass is 10.0. The minimum absolute atomic E-state index is 0.101. The van der Waals surface area contributed by atoms with Crippen LogP contribution in [0.3, 0.4) is 0 Å². The van der Waals surface area contributed by atoms with Crippen molar-refractivity contribution in [3.05, 3.63) is 29.8 Å². The largest absolute Gasteiger partial charge is 0.389 e. The van der Waals surface area contributed by atoms with Crippen molar-refractivity contribution in [2.24, 2.45) is 0 Å². The molecule has 1 saturated carbocycles. The number of para-hydroxylation sites is 1. The van der Waals surface area contributed by atoms with Gasteiger partial charge >= 0.3 is 0 Å². The van der Waals surface area contributed by atoms with Crippen molar-refractivity contribution in [2.75, 3.05) is 18.4 Å². The molecule has 0 bridgehead atoms. The molecule has 1 aromatic carbocycles. The first-order chi connectivity index (χ1) is 9.50. The van der Waals surface area contributed by atoms with Gasteiger partial charge in [-0.05, 0) is 25.0 Å². The van der Waals surface area contributed by atoms with Crippen molar-refractivity contribution in [1.82, 2.24) is 5.32 Å². The number of carbonyl (C=O) groups is 1. The molecule has 0 aromatic heterocycles. The van der Waals surface area contributed by atoms with Crippen molar-refractivity contribution in [1.29, 1.82) is 0 Å². The zero-order valence-corrected chi connectivity index (χ0v) is 11.1. The van der Waals surface area contributed by atoms with Gasteiger partial charge in [0.05, 0.1) is 12.1 Å². The second kappa shape index (κ2) is 6.28. The molecular weight excluding hydrogens is 266 g/mol. The Bertz CT molecular complexity index is 468. The molecule has 0 heterocycles. The molecule has 2 rings (SSSR count). The van der Waals surface area contributed by atoms with E-state index in [1.807, 2.05) is 0 Å². The molecule has 0 saturated heterocycles. The van der Waals surface area contributed by atoms with Gasteiger partial charge in [-0.25, -0.2) is 8.78 Å². The van der Waals surface area contributed by atoms with Crippen LogP contribution in [0.2, 0.25) is 0 Å². The van der Waals surface area contributed by atoms with Gasteiger partial charge in [0.15, 0.2) is 0 Å². The lowest BCUT2D eigenvalue weighted by Gasteiger charge is -2.22. The number of benzene rings is 1. The van der Waals surface area contributed by atoms with E-state index in [2.05, 4.69) is 10.6 Å². The quantitative estimate of drug-likeness (QED) is 0.772. The minimum atomic E-state index is -0.812. The molecule has 4 nitrogen and oxygen atoms in total. The molecule has 110 valence electrons. The molecule has 20 heavy (non-hydrogen) atoms. The van der Waals surface area contributed by atoms with E-state index in [1.54, 1.807) is 0 Å². The van der Waals surface area contributed by atoms with Crippen LogP contribution in [0.25, 0.3) is 0 Å². The summed E-state index contributed by atoms with van der Waals surface area (Å²) in [6, 6.07) is 3.38. The summed E-state index contributed by atoms with van der Waals surface area (Å²) in [7, 11) is 0. The Morgan fingerprint density at radius 3 is 2.45 bits per heavy atom. The number of rotatable bonds is 5. The molecule has 0 radical (unpaired) electrons. The highest BCUT2D eigenvalue weighted by atomic mass is 19.1. The third-order valence-corrected chi connectivity index (χ3v) is 3.50. The van der Waals surface area contributed by atoms with Crippen LogP contribution in [0.5, 0.6) is 0 Å². The molecule has 0 atom stereocenters. The molecule has 1 aliphatic carbocycles. The maximum atomic E-state index is 13.3. The highest BCUT2D eigenvalue weighted by molar-refractivity contribution is 5.92. The number of amides is 1. The molecule has 3 N–H and O–H groups in total. The van der Waals surface area contributed by atoms with E-state index >= 15 is 0 Å². The lowest BCUT2D eigenvalue weighted by molar-refractivity contribution is -0.115. The van der Waals surface area contributed by atoms with E-state index in [0.29, 0.717) is 19.4 Å². The standard InChI is InChI=1S/C14H18F2N2O2/c15-10-4-3-5-11(16)13(10)18-12(19)8-17-9-14(20)6-1-2-7-14/h3-5,17,20H,1-2,6-9H2,(H,18,19). The SMILES string of the molecule is O=C(CNCC1(O)CCCC1)Nc1c(F)cccc1F. The van der Waals surface area contributed by atoms with Crippen molar-refractivity contribution < 1.29 is 18.7 Å².